The van der Waals surface area contributed by atoms with Crippen LogP contribution in [0.5, 0.6) is 0 Å². The van der Waals surface area contributed by atoms with Gasteiger partial charge in [-0.05, 0) is 31.9 Å². The molecule has 1 saturated carbocycles. The zero-order chi connectivity index (χ0) is 21.2. The number of alkyl halides is 3. The molecular formula is C19H25F3N4O3. The van der Waals surface area contributed by atoms with Crippen molar-refractivity contribution in [3.63, 3.8) is 0 Å². The molecule has 0 unspecified atom stereocenters. The Hall–Kier alpha value is -2.36. The van der Waals surface area contributed by atoms with Crippen LogP contribution in [0.15, 0.2) is 18.2 Å². The fourth-order valence-corrected chi connectivity index (χ4v) is 4.02. The summed E-state index contributed by atoms with van der Waals surface area (Å²) in [5.74, 6) is -0.0224. The van der Waals surface area contributed by atoms with E-state index in [0.29, 0.717) is 32.2 Å². The Balaban J connectivity index is 1.64. The lowest BCUT2D eigenvalue weighted by atomic mass is 10.1. The van der Waals surface area contributed by atoms with Crippen molar-refractivity contribution in [3.8, 4) is 0 Å². The third-order valence-corrected chi connectivity index (χ3v) is 5.78. The highest BCUT2D eigenvalue weighted by Gasteiger charge is 2.35. The number of anilines is 1. The monoisotopic (exact) mass is 414 g/mol. The van der Waals surface area contributed by atoms with Gasteiger partial charge in [-0.1, -0.05) is 12.8 Å². The average molecular weight is 414 g/mol. The van der Waals surface area contributed by atoms with Crippen molar-refractivity contribution in [2.24, 2.45) is 0 Å². The highest BCUT2D eigenvalue weighted by Crippen LogP contribution is 2.36. The van der Waals surface area contributed by atoms with Gasteiger partial charge < -0.3 is 10.2 Å². The zero-order valence-corrected chi connectivity index (χ0v) is 16.2. The van der Waals surface area contributed by atoms with Crippen molar-refractivity contribution in [2.75, 3.05) is 31.1 Å². The van der Waals surface area contributed by atoms with Crippen molar-refractivity contribution in [3.05, 3.63) is 33.9 Å². The fourth-order valence-electron chi connectivity index (χ4n) is 4.02. The first-order valence-electron chi connectivity index (χ1n) is 9.82. The molecule has 0 aromatic heterocycles. The molecule has 1 heterocycles. The van der Waals surface area contributed by atoms with E-state index >= 15 is 0 Å². The van der Waals surface area contributed by atoms with Crippen LogP contribution in [0.3, 0.4) is 0 Å². The molecule has 3 rings (SSSR count). The Bertz CT molecular complexity index is 758. The van der Waals surface area contributed by atoms with E-state index in [1.54, 1.807) is 4.90 Å². The van der Waals surface area contributed by atoms with E-state index in [1.165, 1.54) is 0 Å². The van der Waals surface area contributed by atoms with Crippen LogP contribution in [0.25, 0.3) is 0 Å². The van der Waals surface area contributed by atoms with Crippen molar-refractivity contribution in [1.29, 1.82) is 0 Å². The van der Waals surface area contributed by atoms with Crippen molar-refractivity contribution in [1.82, 2.24) is 10.2 Å². The number of nitrogens with zero attached hydrogens (tertiary/aromatic N) is 3. The van der Waals surface area contributed by atoms with E-state index in [1.807, 2.05) is 11.8 Å². The molecule has 1 atom stereocenters. The van der Waals surface area contributed by atoms with Crippen molar-refractivity contribution in [2.45, 2.75) is 50.9 Å². The molecule has 1 aliphatic heterocycles. The number of carbonyl (C=O) groups excluding carboxylic acids is 1. The third-order valence-electron chi connectivity index (χ3n) is 5.78. The number of nitro benzene ring substituents is 1. The minimum absolute atomic E-state index is 0.0224. The summed E-state index contributed by atoms with van der Waals surface area (Å²) >= 11 is 0. The van der Waals surface area contributed by atoms with Crippen molar-refractivity contribution >= 4 is 17.3 Å². The molecule has 1 aromatic rings. The normalized spacial score (nSPS) is 19.9. The zero-order valence-electron chi connectivity index (χ0n) is 16.2. The molecule has 1 aliphatic carbocycles. The van der Waals surface area contributed by atoms with Crippen LogP contribution in [0.2, 0.25) is 0 Å². The van der Waals surface area contributed by atoms with Gasteiger partial charge in [-0.3, -0.25) is 19.8 Å². The van der Waals surface area contributed by atoms with E-state index in [-0.39, 0.29) is 23.7 Å². The molecule has 10 heteroatoms. The van der Waals surface area contributed by atoms with Crippen LogP contribution in [-0.2, 0) is 11.0 Å². The van der Waals surface area contributed by atoms with Crippen LogP contribution in [0.4, 0.5) is 24.5 Å². The molecule has 1 N–H and O–H groups in total. The van der Waals surface area contributed by atoms with E-state index in [9.17, 15) is 28.1 Å². The highest BCUT2D eigenvalue weighted by atomic mass is 19.4. The van der Waals surface area contributed by atoms with Gasteiger partial charge in [0.05, 0.1) is 16.5 Å². The van der Waals surface area contributed by atoms with Gasteiger partial charge in [-0.25, -0.2) is 0 Å². The maximum atomic E-state index is 12.9. The lowest BCUT2D eigenvalue weighted by Gasteiger charge is -2.38. The minimum atomic E-state index is -4.63. The molecule has 29 heavy (non-hydrogen) atoms. The average Bonchev–Trinajstić information content (AvgIpc) is 3.19. The number of nitro groups is 1. The summed E-state index contributed by atoms with van der Waals surface area (Å²) in [4.78, 5) is 26.7. The third kappa shape index (κ3) is 4.98. The number of benzene rings is 1. The smallest absolute Gasteiger partial charge is 0.363 e. The lowest BCUT2D eigenvalue weighted by Crippen LogP contribution is -2.55. The van der Waals surface area contributed by atoms with Gasteiger partial charge in [-0.15, -0.1) is 0 Å². The van der Waals surface area contributed by atoms with Gasteiger partial charge >= 0.3 is 6.18 Å². The van der Waals surface area contributed by atoms with E-state index < -0.39 is 22.4 Å². The standard InChI is InChI=1S/C19H25F3N4O3/c1-13(18(27)23-15-4-2-3-5-15)24-8-10-25(11-9-24)16-7-6-14(19(20,21)22)12-17(16)26(28)29/h6-7,12-13,15H,2-5,8-11H2,1H3,(H,23,27)/t13-/m1/s1. The molecule has 1 saturated heterocycles. The quantitative estimate of drug-likeness (QED) is 0.591. The van der Waals surface area contributed by atoms with E-state index in [2.05, 4.69) is 5.32 Å². The maximum absolute atomic E-state index is 12.9. The SMILES string of the molecule is C[C@H](C(=O)NC1CCCC1)N1CCN(c2ccc(C(F)(F)F)cc2[N+](=O)[O-])CC1. The molecule has 160 valence electrons. The Morgan fingerprint density at radius 2 is 1.83 bits per heavy atom. The Kier molecular flexibility index (Phi) is 6.30. The summed E-state index contributed by atoms with van der Waals surface area (Å²) in [6.45, 7) is 3.62. The topological polar surface area (TPSA) is 78.7 Å². The maximum Gasteiger partial charge on any atom is 0.416 e. The minimum Gasteiger partial charge on any atom is -0.363 e. The first-order chi connectivity index (χ1) is 13.7. The van der Waals surface area contributed by atoms with Crippen LogP contribution in [0.1, 0.15) is 38.2 Å². The lowest BCUT2D eigenvalue weighted by molar-refractivity contribution is -0.384. The summed E-state index contributed by atoms with van der Waals surface area (Å²) in [6.07, 6.45) is -0.369. The summed E-state index contributed by atoms with van der Waals surface area (Å²) in [6, 6.07) is 2.53. The summed E-state index contributed by atoms with van der Waals surface area (Å²) in [7, 11) is 0. The van der Waals surface area contributed by atoms with Gasteiger partial charge in [0, 0.05) is 38.3 Å². The summed E-state index contributed by atoms with van der Waals surface area (Å²) in [5, 5.41) is 14.4. The Morgan fingerprint density at radius 3 is 2.38 bits per heavy atom. The predicted octanol–water partition coefficient (Wildman–Crippen LogP) is 3.18. The number of amides is 1. The van der Waals surface area contributed by atoms with Crippen molar-refractivity contribution < 1.29 is 22.9 Å². The van der Waals surface area contributed by atoms with E-state index in [0.717, 1.165) is 37.8 Å². The predicted molar refractivity (Wildman–Crippen MR) is 102 cm³/mol. The molecule has 2 fully saturated rings. The molecule has 0 bridgehead atoms. The Labute approximate surface area is 167 Å². The fraction of sp³-hybridized carbons (Fsp3) is 0.632. The molecule has 0 spiro atoms. The second-order valence-corrected chi connectivity index (χ2v) is 7.65. The molecule has 7 nitrogen and oxygen atoms in total. The highest BCUT2D eigenvalue weighted by molar-refractivity contribution is 5.81. The number of carbonyl (C=O) groups is 1. The number of rotatable bonds is 5. The summed E-state index contributed by atoms with van der Waals surface area (Å²) < 4.78 is 38.7. The number of hydrogen-bond acceptors (Lipinski definition) is 5. The Morgan fingerprint density at radius 1 is 1.21 bits per heavy atom. The second kappa shape index (κ2) is 8.56. The van der Waals surface area contributed by atoms with Crippen LogP contribution in [-0.4, -0.2) is 54.0 Å². The number of hydrogen-bond donors (Lipinski definition) is 1. The second-order valence-electron chi connectivity index (χ2n) is 7.65. The first kappa shape index (κ1) is 21.4. The number of piperazine rings is 1. The van der Waals surface area contributed by atoms with Gasteiger partial charge in [0.25, 0.3) is 5.69 Å². The van der Waals surface area contributed by atoms with Crippen LogP contribution in [0, 0.1) is 10.1 Å². The molecule has 1 amide bonds. The van der Waals surface area contributed by atoms with Gasteiger partial charge in [-0.2, -0.15) is 13.2 Å². The molecule has 0 radical (unpaired) electrons. The van der Waals surface area contributed by atoms with Crippen LogP contribution >= 0.6 is 0 Å². The van der Waals surface area contributed by atoms with Gasteiger partial charge in [0.1, 0.15) is 5.69 Å². The number of halogens is 3. The largest absolute Gasteiger partial charge is 0.416 e. The van der Waals surface area contributed by atoms with Gasteiger partial charge in [0.2, 0.25) is 5.91 Å². The summed E-state index contributed by atoms with van der Waals surface area (Å²) in [5.41, 5.74) is -1.42. The molecular weight excluding hydrogens is 389 g/mol. The molecule has 2 aliphatic rings. The number of nitrogens with one attached hydrogen (secondary N) is 1. The first-order valence-corrected chi connectivity index (χ1v) is 9.82. The van der Waals surface area contributed by atoms with Gasteiger partial charge in [0.15, 0.2) is 0 Å². The molecule has 1 aromatic carbocycles. The van der Waals surface area contributed by atoms with E-state index in [4.69, 9.17) is 0 Å². The van der Waals surface area contributed by atoms with Crippen LogP contribution < -0.4 is 10.2 Å².